The number of halogens is 1. The van der Waals surface area contributed by atoms with E-state index < -0.39 is 0 Å². The lowest BCUT2D eigenvalue weighted by Gasteiger charge is -2.04. The second kappa shape index (κ2) is 2.51. The minimum absolute atomic E-state index is 0.133. The van der Waals surface area contributed by atoms with Crippen molar-refractivity contribution in [1.82, 2.24) is 0 Å². The highest BCUT2D eigenvalue weighted by Crippen LogP contribution is 2.19. The Hall–Kier alpha value is -0.985. The average Bonchev–Trinajstić information content (AvgIpc) is 2.41. The van der Waals surface area contributed by atoms with E-state index >= 15 is 0 Å². The molecule has 0 spiro atoms. The third-order valence-electron chi connectivity index (χ3n) is 2.39. The zero-order chi connectivity index (χ0) is 8.72. The quantitative estimate of drug-likeness (QED) is 0.526. The molecule has 1 aliphatic heterocycles. The minimum Gasteiger partial charge on any atom is -0.502 e. The summed E-state index contributed by atoms with van der Waals surface area (Å²) in [6.45, 7) is 4.87. The Labute approximate surface area is 71.6 Å². The molecule has 0 fully saturated rings. The van der Waals surface area contributed by atoms with Crippen LogP contribution >= 0.6 is 0 Å². The largest absolute Gasteiger partial charge is 0.502 e. The summed E-state index contributed by atoms with van der Waals surface area (Å²) in [5, 5.41) is 0. The molecular formula is C9H10BFO. The van der Waals surface area contributed by atoms with Gasteiger partial charge in [-0.2, -0.15) is 0 Å². The number of ether oxygens (including phenoxy) is 1. The summed E-state index contributed by atoms with van der Waals surface area (Å²) in [5.41, 5.74) is 1.77. The summed E-state index contributed by atoms with van der Waals surface area (Å²) in [5.74, 6) is 0.715. The van der Waals surface area contributed by atoms with Gasteiger partial charge in [-0.15, -0.1) is 0 Å². The second-order valence-electron chi connectivity index (χ2n) is 3.30. The predicted octanol–water partition coefficient (Wildman–Crippen LogP) is 1.40. The van der Waals surface area contributed by atoms with E-state index in [0.717, 1.165) is 16.8 Å². The highest BCUT2D eigenvalue weighted by Gasteiger charge is 2.26. The lowest BCUT2D eigenvalue weighted by Crippen LogP contribution is -2.27. The Morgan fingerprint density at radius 3 is 3.00 bits per heavy atom. The second-order valence-corrected chi connectivity index (χ2v) is 3.30. The van der Waals surface area contributed by atoms with Crippen LogP contribution in [-0.2, 0) is 0 Å². The van der Waals surface area contributed by atoms with E-state index in [1.807, 2.05) is 0 Å². The van der Waals surface area contributed by atoms with Crippen molar-refractivity contribution in [2.45, 2.75) is 13.7 Å². The van der Waals surface area contributed by atoms with Gasteiger partial charge in [0, 0.05) is 0 Å². The molecule has 0 aromatic heterocycles. The van der Waals surface area contributed by atoms with Crippen molar-refractivity contribution in [3.63, 3.8) is 0 Å². The van der Waals surface area contributed by atoms with Gasteiger partial charge in [-0.25, -0.2) is 4.39 Å². The van der Waals surface area contributed by atoms with Crippen molar-refractivity contribution >= 4 is 12.2 Å². The molecule has 62 valence electrons. The molecule has 3 heteroatoms. The molecule has 2 rings (SSSR count). The van der Waals surface area contributed by atoms with E-state index in [9.17, 15) is 4.39 Å². The molecule has 0 radical (unpaired) electrons. The SMILES string of the molecule is CB1COc2ccc(F)c(C)c21. The van der Waals surface area contributed by atoms with Crippen LogP contribution in [0.3, 0.4) is 0 Å². The highest BCUT2D eigenvalue weighted by atomic mass is 19.1. The number of benzene rings is 1. The fourth-order valence-corrected chi connectivity index (χ4v) is 1.71. The third-order valence-corrected chi connectivity index (χ3v) is 2.39. The first-order valence-electron chi connectivity index (χ1n) is 4.12. The van der Waals surface area contributed by atoms with Crippen molar-refractivity contribution in [3.05, 3.63) is 23.5 Å². The summed E-state index contributed by atoms with van der Waals surface area (Å²) in [7, 11) is 0. The van der Waals surface area contributed by atoms with Gasteiger partial charge in [0.05, 0.1) is 6.51 Å². The van der Waals surface area contributed by atoms with E-state index in [1.165, 1.54) is 6.07 Å². The Balaban J connectivity index is 2.63. The van der Waals surface area contributed by atoms with Crippen LogP contribution in [0.5, 0.6) is 5.75 Å². The Morgan fingerprint density at radius 1 is 1.50 bits per heavy atom. The first-order chi connectivity index (χ1) is 5.70. The van der Waals surface area contributed by atoms with Gasteiger partial charge in [0.1, 0.15) is 11.6 Å². The zero-order valence-corrected chi connectivity index (χ0v) is 7.23. The normalized spacial score (nSPS) is 14.4. The van der Waals surface area contributed by atoms with Crippen LogP contribution in [0.2, 0.25) is 6.82 Å². The monoisotopic (exact) mass is 164 g/mol. The number of hydrogen-bond donors (Lipinski definition) is 0. The standard InChI is InChI=1S/C9H10BFO/c1-6-7(11)3-4-8-9(6)10(2)5-12-8/h3-4H,5H2,1-2H3. The maximum Gasteiger partial charge on any atom is 0.223 e. The van der Waals surface area contributed by atoms with Crippen LogP contribution < -0.4 is 10.2 Å². The number of rotatable bonds is 0. The van der Waals surface area contributed by atoms with Gasteiger partial charge >= 0.3 is 0 Å². The molecule has 12 heavy (non-hydrogen) atoms. The minimum atomic E-state index is -0.133. The topological polar surface area (TPSA) is 9.23 Å². The van der Waals surface area contributed by atoms with Crippen LogP contribution in [0.4, 0.5) is 4.39 Å². The molecule has 0 atom stereocenters. The smallest absolute Gasteiger partial charge is 0.223 e. The van der Waals surface area contributed by atoms with Gasteiger partial charge in [-0.3, -0.25) is 0 Å². The fourth-order valence-electron chi connectivity index (χ4n) is 1.71. The first-order valence-corrected chi connectivity index (χ1v) is 4.12. The Morgan fingerprint density at radius 2 is 2.25 bits per heavy atom. The van der Waals surface area contributed by atoms with Crippen molar-refractivity contribution < 1.29 is 9.13 Å². The maximum absolute atomic E-state index is 13.1. The summed E-state index contributed by atoms with van der Waals surface area (Å²) >= 11 is 0. The van der Waals surface area contributed by atoms with E-state index in [-0.39, 0.29) is 5.82 Å². The molecule has 1 aromatic rings. The van der Waals surface area contributed by atoms with Crippen LogP contribution in [-0.4, -0.2) is 13.2 Å². The Bertz CT molecular complexity index is 325. The molecule has 0 bridgehead atoms. The number of fused-ring (bicyclic) bond motifs is 1. The summed E-state index contributed by atoms with van der Waals surface area (Å²) in [6, 6.07) is 3.17. The summed E-state index contributed by atoms with van der Waals surface area (Å²) < 4.78 is 18.5. The molecule has 0 amide bonds. The Kier molecular flexibility index (Phi) is 1.60. The molecule has 0 N–H and O–H groups in total. The van der Waals surface area contributed by atoms with Gasteiger partial charge in [0.2, 0.25) is 6.71 Å². The zero-order valence-electron chi connectivity index (χ0n) is 7.23. The first kappa shape index (κ1) is 7.65. The molecule has 1 nitrogen and oxygen atoms in total. The van der Waals surface area contributed by atoms with E-state index in [1.54, 1.807) is 13.0 Å². The lowest BCUT2D eigenvalue weighted by molar-refractivity contribution is 0.397. The van der Waals surface area contributed by atoms with Gasteiger partial charge in [0.25, 0.3) is 0 Å². The van der Waals surface area contributed by atoms with Gasteiger partial charge < -0.3 is 4.74 Å². The van der Waals surface area contributed by atoms with Crippen molar-refractivity contribution in [1.29, 1.82) is 0 Å². The molecule has 0 saturated carbocycles. The maximum atomic E-state index is 13.1. The average molecular weight is 164 g/mol. The van der Waals surface area contributed by atoms with E-state index in [0.29, 0.717) is 13.2 Å². The van der Waals surface area contributed by atoms with E-state index in [4.69, 9.17) is 4.74 Å². The van der Waals surface area contributed by atoms with Crippen LogP contribution in [0, 0.1) is 12.7 Å². The predicted molar refractivity (Wildman–Crippen MR) is 47.9 cm³/mol. The van der Waals surface area contributed by atoms with Crippen LogP contribution in [0.15, 0.2) is 12.1 Å². The van der Waals surface area contributed by atoms with Crippen LogP contribution in [0.1, 0.15) is 5.56 Å². The van der Waals surface area contributed by atoms with Crippen molar-refractivity contribution in [2.75, 3.05) is 6.51 Å². The summed E-state index contributed by atoms with van der Waals surface area (Å²) in [4.78, 5) is 0. The van der Waals surface area contributed by atoms with Gasteiger partial charge in [-0.05, 0) is 30.1 Å². The fraction of sp³-hybridized carbons (Fsp3) is 0.333. The summed E-state index contributed by atoms with van der Waals surface area (Å²) in [6.07, 6.45) is 0. The van der Waals surface area contributed by atoms with Crippen molar-refractivity contribution in [2.24, 2.45) is 0 Å². The van der Waals surface area contributed by atoms with Crippen LogP contribution in [0.25, 0.3) is 0 Å². The lowest BCUT2D eigenvalue weighted by atomic mass is 9.48. The van der Waals surface area contributed by atoms with Gasteiger partial charge in [0.15, 0.2) is 0 Å². The van der Waals surface area contributed by atoms with E-state index in [2.05, 4.69) is 6.82 Å². The molecule has 1 aromatic carbocycles. The van der Waals surface area contributed by atoms with Gasteiger partial charge in [-0.1, -0.05) is 6.82 Å². The number of hydrogen-bond acceptors (Lipinski definition) is 1. The highest BCUT2D eigenvalue weighted by molar-refractivity contribution is 6.74. The third kappa shape index (κ3) is 0.925. The molecule has 0 saturated heterocycles. The molecule has 1 heterocycles. The molecule has 1 aliphatic rings. The van der Waals surface area contributed by atoms with Crippen molar-refractivity contribution in [3.8, 4) is 5.75 Å². The molecular weight excluding hydrogens is 154 g/mol. The molecule has 0 aliphatic carbocycles. The molecule has 0 unspecified atom stereocenters.